The zero-order valence-corrected chi connectivity index (χ0v) is 29.4. The summed E-state index contributed by atoms with van der Waals surface area (Å²) in [5, 5.41) is 11.0. The molecule has 1 atom stereocenters. The molecule has 0 bridgehead atoms. The molecule has 0 spiro atoms. The van der Waals surface area contributed by atoms with E-state index in [1.165, 1.54) is 38.5 Å². The lowest BCUT2D eigenvalue weighted by molar-refractivity contribution is -0.149. The van der Waals surface area contributed by atoms with Crippen molar-refractivity contribution in [3.63, 3.8) is 0 Å². The number of esters is 1. The summed E-state index contributed by atoms with van der Waals surface area (Å²) in [6.07, 6.45) is 44.8. The highest BCUT2D eigenvalue weighted by molar-refractivity contribution is 5.80. The van der Waals surface area contributed by atoms with Crippen molar-refractivity contribution in [2.75, 3.05) is 6.54 Å². The summed E-state index contributed by atoms with van der Waals surface area (Å²) in [5.74, 6) is -1.35. The summed E-state index contributed by atoms with van der Waals surface area (Å²) < 4.78 is 5.93. The maximum Gasteiger partial charge on any atom is 0.322 e. The van der Waals surface area contributed by atoms with Crippen molar-refractivity contribution in [1.82, 2.24) is 5.32 Å². The Bertz CT molecular complexity index is 886. The number of carboxylic acids is 1. The van der Waals surface area contributed by atoms with Crippen molar-refractivity contribution >= 4 is 17.8 Å². The number of carbonyl (C=O) groups excluding carboxylic acids is 2. The third-order valence-corrected chi connectivity index (χ3v) is 7.69. The molecule has 0 saturated heterocycles. The molecule has 0 saturated carbocycles. The average Bonchev–Trinajstić information content (AvgIpc) is 3.04. The Morgan fingerprint density at radius 1 is 0.587 bits per heavy atom. The molecule has 0 aliphatic rings. The second-order valence-electron chi connectivity index (χ2n) is 12.1. The second-order valence-corrected chi connectivity index (χ2v) is 12.1. The number of ether oxygens (including phenoxy) is 1. The van der Waals surface area contributed by atoms with Crippen LogP contribution in [0.3, 0.4) is 0 Å². The van der Waals surface area contributed by atoms with Crippen LogP contribution < -0.4 is 5.32 Å². The number of hydrogen-bond acceptors (Lipinski definition) is 4. The Kier molecular flexibility index (Phi) is 32.8. The zero-order chi connectivity index (χ0) is 33.8. The highest BCUT2D eigenvalue weighted by atomic mass is 16.5. The van der Waals surface area contributed by atoms with E-state index in [-0.39, 0.29) is 24.5 Å². The van der Waals surface area contributed by atoms with E-state index in [0.29, 0.717) is 19.3 Å². The second kappa shape index (κ2) is 35.0. The van der Waals surface area contributed by atoms with E-state index in [0.717, 1.165) is 89.9 Å². The fourth-order valence-electron chi connectivity index (χ4n) is 5.00. The first-order valence-electron chi connectivity index (χ1n) is 18.4. The lowest BCUT2D eigenvalue weighted by atomic mass is 10.0. The standard InChI is InChI=1S/C40H67NO5/c1-3-5-7-9-11-13-15-16-18-20-22-27-31-35-40(45)46-37(32-28-24-21-19-17-14-12-10-8-6-4-2)33-29-25-23-26-30-34-38(42)41-36-39(43)44/h5,7,11,13,16,18-19,21-22,27,37H,3-4,6,8-10,12,14-15,17,20,23-26,28-36H2,1-2H3,(H,41,42)(H,43,44)/b7-5-,13-11-,18-16-,21-19-,27-22-. The fourth-order valence-corrected chi connectivity index (χ4v) is 5.00. The molecule has 0 heterocycles. The van der Waals surface area contributed by atoms with Crippen molar-refractivity contribution < 1.29 is 24.2 Å². The van der Waals surface area contributed by atoms with E-state index in [1.807, 2.05) is 0 Å². The molecule has 1 unspecified atom stereocenters. The van der Waals surface area contributed by atoms with Crippen LogP contribution in [0.5, 0.6) is 0 Å². The number of carbonyl (C=O) groups is 3. The molecule has 262 valence electrons. The minimum atomic E-state index is -1.03. The monoisotopic (exact) mass is 642 g/mol. The van der Waals surface area contributed by atoms with Crippen LogP contribution in [0.15, 0.2) is 60.8 Å². The summed E-state index contributed by atoms with van der Waals surface area (Å²) in [5.41, 5.74) is 0. The Labute approximate surface area is 281 Å². The van der Waals surface area contributed by atoms with Gasteiger partial charge in [-0.2, -0.15) is 0 Å². The fraction of sp³-hybridized carbons (Fsp3) is 0.675. The third kappa shape index (κ3) is 34.0. The number of unbranched alkanes of at least 4 members (excludes halogenated alkanes) is 11. The van der Waals surface area contributed by atoms with Gasteiger partial charge in [0.2, 0.25) is 5.91 Å². The molecule has 0 aromatic carbocycles. The number of nitrogens with one attached hydrogen (secondary N) is 1. The Balaban J connectivity index is 4.37. The van der Waals surface area contributed by atoms with Gasteiger partial charge in [0.1, 0.15) is 12.6 Å². The number of amides is 1. The van der Waals surface area contributed by atoms with Crippen LogP contribution in [0.1, 0.15) is 162 Å². The van der Waals surface area contributed by atoms with Crippen molar-refractivity contribution in [3.05, 3.63) is 60.8 Å². The largest absolute Gasteiger partial charge is 0.480 e. The van der Waals surface area contributed by atoms with Crippen LogP contribution in [0.4, 0.5) is 0 Å². The van der Waals surface area contributed by atoms with E-state index < -0.39 is 5.97 Å². The summed E-state index contributed by atoms with van der Waals surface area (Å²) in [4.78, 5) is 34.8. The van der Waals surface area contributed by atoms with E-state index in [2.05, 4.69) is 79.9 Å². The molecule has 0 aliphatic carbocycles. The lowest BCUT2D eigenvalue weighted by Crippen LogP contribution is -2.28. The molecule has 0 aromatic heterocycles. The lowest BCUT2D eigenvalue weighted by Gasteiger charge is -2.17. The molecule has 0 rings (SSSR count). The average molecular weight is 642 g/mol. The first-order valence-corrected chi connectivity index (χ1v) is 18.4. The van der Waals surface area contributed by atoms with Crippen LogP contribution in [-0.4, -0.2) is 35.6 Å². The van der Waals surface area contributed by atoms with Crippen LogP contribution >= 0.6 is 0 Å². The van der Waals surface area contributed by atoms with E-state index in [9.17, 15) is 14.4 Å². The number of allylic oxidation sites excluding steroid dienone is 10. The number of aliphatic carboxylic acids is 1. The van der Waals surface area contributed by atoms with Crippen molar-refractivity contribution in [1.29, 1.82) is 0 Å². The van der Waals surface area contributed by atoms with Gasteiger partial charge in [-0.05, 0) is 83.5 Å². The van der Waals surface area contributed by atoms with Gasteiger partial charge in [0.25, 0.3) is 0 Å². The molecule has 6 nitrogen and oxygen atoms in total. The van der Waals surface area contributed by atoms with Gasteiger partial charge in [-0.3, -0.25) is 14.4 Å². The first kappa shape index (κ1) is 43.1. The molecule has 6 heteroatoms. The molecular weight excluding hydrogens is 574 g/mol. The van der Waals surface area contributed by atoms with Crippen LogP contribution in [0, 0.1) is 0 Å². The van der Waals surface area contributed by atoms with E-state index >= 15 is 0 Å². The van der Waals surface area contributed by atoms with Crippen LogP contribution in [0.2, 0.25) is 0 Å². The predicted molar refractivity (Wildman–Crippen MR) is 194 cm³/mol. The summed E-state index contributed by atoms with van der Waals surface area (Å²) in [7, 11) is 0. The molecule has 0 aliphatic heterocycles. The van der Waals surface area contributed by atoms with E-state index in [4.69, 9.17) is 9.84 Å². The van der Waals surface area contributed by atoms with Gasteiger partial charge in [0.05, 0.1) is 0 Å². The van der Waals surface area contributed by atoms with Crippen LogP contribution in [0.25, 0.3) is 0 Å². The third-order valence-electron chi connectivity index (χ3n) is 7.69. The minimum Gasteiger partial charge on any atom is -0.480 e. The molecule has 0 radical (unpaired) electrons. The Hall–Kier alpha value is -2.89. The zero-order valence-electron chi connectivity index (χ0n) is 29.4. The van der Waals surface area contributed by atoms with Gasteiger partial charge in [0, 0.05) is 12.8 Å². The van der Waals surface area contributed by atoms with Gasteiger partial charge in [-0.25, -0.2) is 0 Å². The topological polar surface area (TPSA) is 92.7 Å². The number of hydrogen-bond donors (Lipinski definition) is 2. The molecule has 46 heavy (non-hydrogen) atoms. The van der Waals surface area contributed by atoms with Crippen LogP contribution in [-0.2, 0) is 19.1 Å². The highest BCUT2D eigenvalue weighted by Gasteiger charge is 2.14. The molecule has 0 aromatic rings. The smallest absolute Gasteiger partial charge is 0.322 e. The maximum atomic E-state index is 12.6. The molecule has 0 fully saturated rings. The van der Waals surface area contributed by atoms with Crippen molar-refractivity contribution in [2.24, 2.45) is 0 Å². The van der Waals surface area contributed by atoms with Gasteiger partial charge in [-0.1, -0.05) is 126 Å². The number of rotatable bonds is 32. The summed E-state index contributed by atoms with van der Waals surface area (Å²) in [6.45, 7) is 4.07. The van der Waals surface area contributed by atoms with Crippen molar-refractivity contribution in [2.45, 2.75) is 168 Å². The predicted octanol–water partition coefficient (Wildman–Crippen LogP) is 10.9. The molecular formula is C40H67NO5. The molecule has 1 amide bonds. The number of carboxylic acid groups (broad SMARTS) is 1. The normalized spacial score (nSPS) is 12.7. The van der Waals surface area contributed by atoms with Gasteiger partial charge in [0.15, 0.2) is 0 Å². The van der Waals surface area contributed by atoms with E-state index in [1.54, 1.807) is 0 Å². The van der Waals surface area contributed by atoms with Gasteiger partial charge >= 0.3 is 11.9 Å². The minimum absolute atomic E-state index is 0.0429. The summed E-state index contributed by atoms with van der Waals surface area (Å²) >= 11 is 0. The first-order chi connectivity index (χ1) is 22.5. The molecule has 2 N–H and O–H groups in total. The van der Waals surface area contributed by atoms with Gasteiger partial charge in [-0.15, -0.1) is 0 Å². The Morgan fingerprint density at radius 2 is 1.11 bits per heavy atom. The van der Waals surface area contributed by atoms with Crippen molar-refractivity contribution in [3.8, 4) is 0 Å². The highest BCUT2D eigenvalue weighted by Crippen LogP contribution is 2.17. The quantitative estimate of drug-likeness (QED) is 0.0433. The van der Waals surface area contributed by atoms with Gasteiger partial charge < -0.3 is 15.2 Å². The maximum absolute atomic E-state index is 12.6. The summed E-state index contributed by atoms with van der Waals surface area (Å²) in [6, 6.07) is 0. The Morgan fingerprint density at radius 3 is 1.76 bits per heavy atom. The SMILES string of the molecule is CC/C=C\C/C=C\C/C=C\C/C=C\CCC(=O)OC(CCC/C=C\CCCCCCCC)CCCCCCCC(=O)NCC(=O)O.